The molecule has 0 spiro atoms. The molecule has 3 aromatic rings. The van der Waals surface area contributed by atoms with Gasteiger partial charge in [0.1, 0.15) is 12.2 Å². The van der Waals surface area contributed by atoms with Crippen LogP contribution in [0.25, 0.3) is 0 Å². The largest absolute Gasteiger partial charge is 0.349 e. The van der Waals surface area contributed by atoms with Crippen LogP contribution in [0.4, 0.5) is 0 Å². The lowest BCUT2D eigenvalue weighted by molar-refractivity contribution is 0.0897. The Balaban J connectivity index is 1.47. The minimum atomic E-state index is -0.543. The molecule has 0 aliphatic rings. The highest BCUT2D eigenvalue weighted by molar-refractivity contribution is 6.31. The van der Waals surface area contributed by atoms with Crippen LogP contribution in [0.3, 0.4) is 0 Å². The maximum atomic E-state index is 12.1. The number of carbonyl (C=O) groups is 2. The van der Waals surface area contributed by atoms with Crippen molar-refractivity contribution in [1.82, 2.24) is 40.5 Å². The Morgan fingerprint density at radius 3 is 2.57 bits per heavy atom. The van der Waals surface area contributed by atoms with Crippen molar-refractivity contribution in [1.29, 1.82) is 0 Å². The van der Waals surface area contributed by atoms with Crippen molar-refractivity contribution in [3.05, 3.63) is 52.4 Å². The molecular formula is C16H17ClN8O3. The van der Waals surface area contributed by atoms with Gasteiger partial charge in [-0.15, -0.1) is 0 Å². The number of amides is 2. The van der Waals surface area contributed by atoms with Gasteiger partial charge in [-0.2, -0.15) is 10.1 Å². The Morgan fingerprint density at radius 1 is 1.18 bits per heavy atom. The Kier molecular flexibility index (Phi) is 5.94. The van der Waals surface area contributed by atoms with E-state index in [2.05, 4.69) is 35.8 Å². The second-order valence-electron chi connectivity index (χ2n) is 5.76. The molecule has 3 rings (SSSR count). The first-order valence-electron chi connectivity index (χ1n) is 8.30. The normalized spacial score (nSPS) is 10.7. The summed E-state index contributed by atoms with van der Waals surface area (Å²) in [6, 6.07) is 0. The topological polar surface area (TPSA) is 141 Å². The van der Waals surface area contributed by atoms with Crippen molar-refractivity contribution < 1.29 is 14.1 Å². The molecule has 0 aliphatic carbocycles. The number of hydrogen-bond acceptors (Lipinski definition) is 8. The first-order valence-corrected chi connectivity index (χ1v) is 8.68. The molecular weight excluding hydrogens is 388 g/mol. The predicted molar refractivity (Wildman–Crippen MR) is 96.8 cm³/mol. The Bertz CT molecular complexity index is 985. The van der Waals surface area contributed by atoms with Crippen molar-refractivity contribution in [2.75, 3.05) is 13.1 Å². The van der Waals surface area contributed by atoms with Gasteiger partial charge < -0.3 is 15.2 Å². The summed E-state index contributed by atoms with van der Waals surface area (Å²) in [6.07, 6.45) is 4.24. The van der Waals surface area contributed by atoms with Crippen LogP contribution < -0.4 is 10.6 Å². The molecule has 3 heterocycles. The fraction of sp³-hybridized carbons (Fsp3) is 0.312. The van der Waals surface area contributed by atoms with Gasteiger partial charge in [0.05, 0.1) is 22.6 Å². The molecule has 0 saturated carbocycles. The van der Waals surface area contributed by atoms with Gasteiger partial charge in [0.15, 0.2) is 5.82 Å². The van der Waals surface area contributed by atoms with E-state index < -0.39 is 5.91 Å². The van der Waals surface area contributed by atoms with Crippen molar-refractivity contribution >= 4 is 23.4 Å². The van der Waals surface area contributed by atoms with Gasteiger partial charge in [-0.25, -0.2) is 4.98 Å². The molecule has 2 N–H and O–H groups in total. The molecule has 0 unspecified atom stereocenters. The summed E-state index contributed by atoms with van der Waals surface area (Å²) in [5.41, 5.74) is 1.66. The summed E-state index contributed by atoms with van der Waals surface area (Å²) in [5, 5.41) is 13.8. The Morgan fingerprint density at radius 2 is 1.93 bits per heavy atom. The van der Waals surface area contributed by atoms with Gasteiger partial charge in [0.2, 0.25) is 0 Å². The Hall–Kier alpha value is -3.34. The third-order valence-electron chi connectivity index (χ3n) is 3.74. The second-order valence-corrected chi connectivity index (χ2v) is 6.14. The zero-order chi connectivity index (χ0) is 20.1. The molecule has 11 nitrogen and oxygen atoms in total. The molecule has 0 saturated heterocycles. The van der Waals surface area contributed by atoms with Crippen LogP contribution in [0.5, 0.6) is 0 Å². The molecule has 0 aliphatic heterocycles. The van der Waals surface area contributed by atoms with E-state index >= 15 is 0 Å². The van der Waals surface area contributed by atoms with Crippen LogP contribution in [-0.2, 0) is 6.54 Å². The maximum absolute atomic E-state index is 12.1. The van der Waals surface area contributed by atoms with Gasteiger partial charge in [-0.05, 0) is 13.8 Å². The fourth-order valence-corrected chi connectivity index (χ4v) is 2.44. The molecule has 0 radical (unpaired) electrons. The average molecular weight is 405 g/mol. The first-order chi connectivity index (χ1) is 13.5. The van der Waals surface area contributed by atoms with E-state index in [0.29, 0.717) is 16.5 Å². The summed E-state index contributed by atoms with van der Waals surface area (Å²) >= 11 is 6.10. The van der Waals surface area contributed by atoms with Gasteiger partial charge in [0, 0.05) is 25.5 Å². The van der Waals surface area contributed by atoms with Crippen molar-refractivity contribution in [2.24, 2.45) is 0 Å². The zero-order valence-corrected chi connectivity index (χ0v) is 15.9. The quantitative estimate of drug-likeness (QED) is 0.543. The highest BCUT2D eigenvalue weighted by atomic mass is 35.5. The van der Waals surface area contributed by atoms with Crippen LogP contribution in [0, 0.1) is 13.8 Å². The molecule has 0 bridgehead atoms. The van der Waals surface area contributed by atoms with Crippen LogP contribution in [0.1, 0.15) is 38.4 Å². The van der Waals surface area contributed by atoms with Gasteiger partial charge in [-0.3, -0.25) is 19.3 Å². The van der Waals surface area contributed by atoms with Crippen LogP contribution in [-0.4, -0.2) is 54.8 Å². The van der Waals surface area contributed by atoms with E-state index in [4.69, 9.17) is 16.1 Å². The number of nitrogens with zero attached hydrogens (tertiary/aromatic N) is 6. The summed E-state index contributed by atoms with van der Waals surface area (Å²) < 4.78 is 6.60. The van der Waals surface area contributed by atoms with E-state index in [-0.39, 0.29) is 37.1 Å². The van der Waals surface area contributed by atoms with E-state index in [1.165, 1.54) is 18.6 Å². The van der Waals surface area contributed by atoms with Crippen molar-refractivity contribution in [3.8, 4) is 0 Å². The minimum absolute atomic E-state index is 0.176. The minimum Gasteiger partial charge on any atom is -0.349 e. The molecule has 0 fully saturated rings. The van der Waals surface area contributed by atoms with Gasteiger partial charge >= 0.3 is 11.8 Å². The SMILES string of the molecule is Cc1nn(Cc2noc(C(=O)NCCNC(=O)c3cnccn3)n2)c(C)c1Cl. The lowest BCUT2D eigenvalue weighted by Gasteiger charge is -2.04. The molecule has 3 aromatic heterocycles. The molecule has 2 amide bonds. The van der Waals surface area contributed by atoms with Crippen LogP contribution in [0.15, 0.2) is 23.1 Å². The number of aromatic nitrogens is 6. The summed E-state index contributed by atoms with van der Waals surface area (Å²) in [7, 11) is 0. The first kappa shape index (κ1) is 19.4. The lowest BCUT2D eigenvalue weighted by Crippen LogP contribution is -2.35. The molecule has 0 atom stereocenters. The molecule has 28 heavy (non-hydrogen) atoms. The monoisotopic (exact) mass is 404 g/mol. The van der Waals surface area contributed by atoms with Crippen molar-refractivity contribution in [2.45, 2.75) is 20.4 Å². The van der Waals surface area contributed by atoms with Crippen LogP contribution >= 0.6 is 11.6 Å². The number of halogens is 1. The lowest BCUT2D eigenvalue weighted by atomic mass is 10.4. The molecule has 0 aromatic carbocycles. The third kappa shape index (κ3) is 4.49. The van der Waals surface area contributed by atoms with Crippen LogP contribution in [0.2, 0.25) is 5.02 Å². The smallest absolute Gasteiger partial charge is 0.316 e. The number of aryl methyl sites for hydroxylation is 1. The standard InChI is InChI=1S/C16H17ClN8O3/c1-9-13(17)10(2)25(23-9)8-12-22-16(28-24-12)15(27)21-6-5-20-14(26)11-7-18-3-4-19-11/h3-4,7H,5-6,8H2,1-2H3,(H,20,26)(H,21,27). The summed E-state index contributed by atoms with van der Waals surface area (Å²) in [6.45, 7) is 4.22. The van der Waals surface area contributed by atoms with E-state index in [9.17, 15) is 9.59 Å². The van der Waals surface area contributed by atoms with Gasteiger partial charge in [-0.1, -0.05) is 16.8 Å². The van der Waals surface area contributed by atoms with E-state index in [0.717, 1.165) is 5.69 Å². The highest BCUT2D eigenvalue weighted by Crippen LogP contribution is 2.19. The maximum Gasteiger partial charge on any atom is 0.316 e. The number of carbonyl (C=O) groups excluding carboxylic acids is 2. The second kappa shape index (κ2) is 8.57. The number of hydrogen-bond donors (Lipinski definition) is 2. The highest BCUT2D eigenvalue weighted by Gasteiger charge is 2.17. The predicted octanol–water partition coefficient (Wildman–Crippen LogP) is 0.534. The fourth-order valence-electron chi connectivity index (χ4n) is 2.31. The van der Waals surface area contributed by atoms with Gasteiger partial charge in [0.25, 0.3) is 5.91 Å². The number of rotatable bonds is 7. The Labute approximate surface area is 164 Å². The molecule has 146 valence electrons. The summed E-state index contributed by atoms with van der Waals surface area (Å²) in [4.78, 5) is 35.6. The average Bonchev–Trinajstić information content (AvgIpc) is 3.26. The number of nitrogens with one attached hydrogen (secondary N) is 2. The summed E-state index contributed by atoms with van der Waals surface area (Å²) in [5.74, 6) is -0.809. The third-order valence-corrected chi connectivity index (χ3v) is 4.29. The van der Waals surface area contributed by atoms with Crippen molar-refractivity contribution in [3.63, 3.8) is 0 Å². The zero-order valence-electron chi connectivity index (χ0n) is 15.1. The molecule has 12 heteroatoms. The van der Waals surface area contributed by atoms with E-state index in [1.807, 2.05) is 6.92 Å². The van der Waals surface area contributed by atoms with E-state index in [1.54, 1.807) is 11.6 Å².